The third kappa shape index (κ3) is 10.6. The summed E-state index contributed by atoms with van der Waals surface area (Å²) in [6.07, 6.45) is 11.2. The summed E-state index contributed by atoms with van der Waals surface area (Å²) in [5.74, 6) is 0. The molecule has 0 rings (SSSR count). The molecule has 0 aromatic heterocycles. The standard InChI is InChI=1S/C9H18.FH/c1-3-5-7-9-8-6-4-2;/h3,5H,4,6-9H2,1-2H3;1H. The molecule has 62 valence electrons. The topological polar surface area (TPSA) is 0 Å². The van der Waals surface area contributed by atoms with Crippen molar-refractivity contribution in [2.24, 2.45) is 0 Å². The van der Waals surface area contributed by atoms with Crippen LogP contribution < -0.4 is 0 Å². The third-order valence-electron chi connectivity index (χ3n) is 1.46. The fourth-order valence-electron chi connectivity index (χ4n) is 0.856. The van der Waals surface area contributed by atoms with E-state index in [4.69, 9.17) is 0 Å². The third-order valence-corrected chi connectivity index (χ3v) is 1.46. The van der Waals surface area contributed by atoms with Gasteiger partial charge in [-0.2, -0.15) is 0 Å². The molecule has 0 aliphatic heterocycles. The summed E-state index contributed by atoms with van der Waals surface area (Å²) in [4.78, 5) is 0. The normalized spacial score (nSPS) is 9.80. The smallest absolute Gasteiger partial charge is 0.0351 e. The molecular formula is C9H19F. The zero-order valence-corrected chi connectivity index (χ0v) is 7.10. The van der Waals surface area contributed by atoms with E-state index in [9.17, 15) is 0 Å². The van der Waals surface area contributed by atoms with Gasteiger partial charge in [0.1, 0.15) is 0 Å². The molecule has 0 aromatic carbocycles. The van der Waals surface area contributed by atoms with Crippen LogP contribution in [0.25, 0.3) is 0 Å². The van der Waals surface area contributed by atoms with E-state index in [0.717, 1.165) is 0 Å². The monoisotopic (exact) mass is 146 g/mol. The van der Waals surface area contributed by atoms with Crippen LogP contribution in [-0.4, -0.2) is 0 Å². The molecule has 10 heavy (non-hydrogen) atoms. The molecule has 0 aliphatic rings. The minimum Gasteiger partial charge on any atom is -0.269 e. The van der Waals surface area contributed by atoms with E-state index in [2.05, 4.69) is 26.0 Å². The number of unbranched alkanes of at least 4 members (excludes halogenated alkanes) is 4. The quantitative estimate of drug-likeness (QED) is 0.410. The summed E-state index contributed by atoms with van der Waals surface area (Å²) in [5.41, 5.74) is 0. The Morgan fingerprint density at radius 1 is 1.10 bits per heavy atom. The highest BCUT2D eigenvalue weighted by molar-refractivity contribution is 4.75. The Morgan fingerprint density at radius 3 is 2.30 bits per heavy atom. The zero-order chi connectivity index (χ0) is 6.95. The molecule has 0 atom stereocenters. The largest absolute Gasteiger partial charge is 0.269 e. The van der Waals surface area contributed by atoms with E-state index < -0.39 is 0 Å². The van der Waals surface area contributed by atoms with Crippen molar-refractivity contribution < 1.29 is 4.70 Å². The first-order chi connectivity index (χ1) is 4.41. The van der Waals surface area contributed by atoms with Crippen molar-refractivity contribution in [1.29, 1.82) is 0 Å². The predicted octanol–water partition coefficient (Wildman–Crippen LogP) is 3.69. The average molecular weight is 146 g/mol. The first-order valence-corrected chi connectivity index (χ1v) is 4.03. The van der Waals surface area contributed by atoms with Crippen LogP contribution in [0, 0.1) is 0 Å². The summed E-state index contributed by atoms with van der Waals surface area (Å²) in [6, 6.07) is 0. The maximum atomic E-state index is 2.25. The molecule has 0 N–H and O–H groups in total. The lowest BCUT2D eigenvalue weighted by Crippen LogP contribution is -1.72. The van der Waals surface area contributed by atoms with Gasteiger partial charge in [-0.1, -0.05) is 38.3 Å². The highest BCUT2D eigenvalue weighted by Gasteiger charge is 1.82. The molecule has 0 fully saturated rings. The van der Waals surface area contributed by atoms with Crippen LogP contribution in [0.5, 0.6) is 0 Å². The maximum absolute atomic E-state index is 2.25. The summed E-state index contributed by atoms with van der Waals surface area (Å²) in [7, 11) is 0. The lowest BCUT2D eigenvalue weighted by Gasteiger charge is -1.92. The molecule has 0 aliphatic carbocycles. The fraction of sp³-hybridized carbons (Fsp3) is 0.778. The van der Waals surface area contributed by atoms with Crippen molar-refractivity contribution >= 4 is 0 Å². The molecule has 0 nitrogen and oxygen atoms in total. The zero-order valence-electron chi connectivity index (χ0n) is 7.10. The molecule has 0 spiro atoms. The van der Waals surface area contributed by atoms with Crippen LogP contribution in [0.2, 0.25) is 0 Å². The van der Waals surface area contributed by atoms with E-state index in [-0.39, 0.29) is 4.70 Å². The van der Waals surface area contributed by atoms with Crippen molar-refractivity contribution in [2.75, 3.05) is 0 Å². The number of hydrogen-bond acceptors (Lipinski definition) is 0. The fourth-order valence-corrected chi connectivity index (χ4v) is 0.856. The molecule has 0 amide bonds. The number of rotatable bonds is 5. The van der Waals surface area contributed by atoms with Gasteiger partial charge in [-0.3, -0.25) is 4.70 Å². The van der Waals surface area contributed by atoms with Crippen molar-refractivity contribution in [2.45, 2.75) is 46.0 Å². The van der Waals surface area contributed by atoms with E-state index in [1.807, 2.05) is 0 Å². The van der Waals surface area contributed by atoms with E-state index in [0.29, 0.717) is 0 Å². The van der Waals surface area contributed by atoms with E-state index >= 15 is 0 Å². The molecule has 0 saturated heterocycles. The van der Waals surface area contributed by atoms with Crippen molar-refractivity contribution in [3.05, 3.63) is 12.2 Å². The van der Waals surface area contributed by atoms with Gasteiger partial charge in [0.25, 0.3) is 0 Å². The van der Waals surface area contributed by atoms with Crippen LogP contribution in [0.3, 0.4) is 0 Å². The minimum absolute atomic E-state index is 0. The van der Waals surface area contributed by atoms with Gasteiger partial charge in [0.05, 0.1) is 0 Å². The van der Waals surface area contributed by atoms with Gasteiger partial charge in [-0.15, -0.1) is 0 Å². The van der Waals surface area contributed by atoms with Gasteiger partial charge in [0.2, 0.25) is 0 Å². The molecule has 0 unspecified atom stereocenters. The van der Waals surface area contributed by atoms with Crippen LogP contribution >= 0.6 is 0 Å². The number of allylic oxidation sites excluding steroid dienone is 2. The molecule has 0 saturated carbocycles. The second-order valence-corrected chi connectivity index (χ2v) is 2.42. The Labute approximate surface area is 63.7 Å². The average Bonchev–Trinajstić information content (AvgIpc) is 1.89. The lowest BCUT2D eigenvalue weighted by molar-refractivity contribution is 0.674. The second-order valence-electron chi connectivity index (χ2n) is 2.42. The van der Waals surface area contributed by atoms with Crippen LogP contribution in [0.4, 0.5) is 4.70 Å². The predicted molar refractivity (Wildman–Crippen MR) is 46.1 cm³/mol. The Kier molecular flexibility index (Phi) is 14.2. The van der Waals surface area contributed by atoms with Crippen molar-refractivity contribution in [1.82, 2.24) is 0 Å². The maximum Gasteiger partial charge on any atom is -0.0351 e. The van der Waals surface area contributed by atoms with Gasteiger partial charge in [-0.25, -0.2) is 0 Å². The molecule has 1 heteroatoms. The number of hydrogen-bond donors (Lipinski definition) is 0. The van der Waals surface area contributed by atoms with Crippen molar-refractivity contribution in [3.63, 3.8) is 0 Å². The summed E-state index contributed by atoms with van der Waals surface area (Å²) in [5, 5.41) is 0. The van der Waals surface area contributed by atoms with E-state index in [1.54, 1.807) is 0 Å². The SMILES string of the molecule is CC=CCCCCCC.F. The molecule has 0 heterocycles. The van der Waals surface area contributed by atoms with Crippen LogP contribution in [0.1, 0.15) is 46.0 Å². The Bertz CT molecular complexity index is 67.1. The molecule has 0 aromatic rings. The molecule has 0 radical (unpaired) electrons. The molecule has 0 bridgehead atoms. The summed E-state index contributed by atoms with van der Waals surface area (Å²) >= 11 is 0. The lowest BCUT2D eigenvalue weighted by atomic mass is 10.1. The Hall–Kier alpha value is -0.330. The van der Waals surface area contributed by atoms with Crippen molar-refractivity contribution in [3.8, 4) is 0 Å². The number of halogens is 1. The van der Waals surface area contributed by atoms with Gasteiger partial charge in [0.15, 0.2) is 0 Å². The Balaban J connectivity index is 0. The van der Waals surface area contributed by atoms with Gasteiger partial charge < -0.3 is 0 Å². The first kappa shape index (κ1) is 12.4. The van der Waals surface area contributed by atoms with Gasteiger partial charge in [-0.05, 0) is 19.8 Å². The Morgan fingerprint density at radius 2 is 1.80 bits per heavy atom. The summed E-state index contributed by atoms with van der Waals surface area (Å²) in [6.45, 7) is 4.33. The second kappa shape index (κ2) is 11.5. The van der Waals surface area contributed by atoms with E-state index in [1.165, 1.54) is 32.1 Å². The van der Waals surface area contributed by atoms with Crippen LogP contribution in [0.15, 0.2) is 12.2 Å². The minimum atomic E-state index is 0. The van der Waals surface area contributed by atoms with Crippen LogP contribution in [-0.2, 0) is 0 Å². The van der Waals surface area contributed by atoms with Gasteiger partial charge in [0, 0.05) is 0 Å². The molecular weight excluding hydrogens is 127 g/mol. The summed E-state index contributed by atoms with van der Waals surface area (Å²) < 4.78 is 0. The first-order valence-electron chi connectivity index (χ1n) is 4.03. The van der Waals surface area contributed by atoms with Gasteiger partial charge >= 0.3 is 0 Å². The highest BCUT2D eigenvalue weighted by atomic mass is 19.0. The highest BCUT2D eigenvalue weighted by Crippen LogP contribution is 2.02.